The van der Waals surface area contributed by atoms with E-state index in [-0.39, 0.29) is 17.7 Å². The van der Waals surface area contributed by atoms with Crippen LogP contribution < -0.4 is 5.73 Å². The minimum atomic E-state index is -3.60. The first-order valence-corrected chi connectivity index (χ1v) is 7.80. The van der Waals surface area contributed by atoms with Crippen LogP contribution in [0.2, 0.25) is 0 Å². The third-order valence-electron chi connectivity index (χ3n) is 3.38. The van der Waals surface area contributed by atoms with Gasteiger partial charge in [0.2, 0.25) is 0 Å². The molecule has 1 aromatic heterocycles. The number of aromatic nitrogens is 2. The number of aromatic amines is 1. The molecule has 0 amide bonds. The largest absolute Gasteiger partial charge is 0.375 e. The van der Waals surface area contributed by atoms with E-state index in [1.54, 1.807) is 6.92 Å². The third-order valence-corrected chi connectivity index (χ3v) is 5.22. The standard InChI is InChI=1S/C11H20N4O3S/c1-3-9-7-15(4-5-18-9)19(16,17)11-10(6-12)8(2)13-14-11/h9H,3-7,12H2,1-2H3,(H,13,14). The molecule has 1 unspecified atom stereocenters. The van der Waals surface area contributed by atoms with E-state index in [1.165, 1.54) is 4.31 Å². The number of sulfonamides is 1. The van der Waals surface area contributed by atoms with E-state index in [2.05, 4.69) is 10.2 Å². The number of nitrogens with zero attached hydrogens (tertiary/aromatic N) is 2. The zero-order chi connectivity index (χ0) is 14.0. The first-order valence-electron chi connectivity index (χ1n) is 6.36. The highest BCUT2D eigenvalue weighted by Gasteiger charge is 2.33. The van der Waals surface area contributed by atoms with Crippen LogP contribution in [0, 0.1) is 6.92 Å². The number of nitrogens with two attached hydrogens (primary N) is 1. The molecular weight excluding hydrogens is 268 g/mol. The normalized spacial score (nSPS) is 21.7. The number of ether oxygens (including phenoxy) is 1. The van der Waals surface area contributed by atoms with Gasteiger partial charge >= 0.3 is 0 Å². The number of H-pyrrole nitrogens is 1. The van der Waals surface area contributed by atoms with E-state index in [0.717, 1.165) is 6.42 Å². The number of rotatable bonds is 4. The minimum absolute atomic E-state index is 0.0456. The predicted octanol–water partition coefficient (Wildman–Crippen LogP) is -0.0237. The molecule has 2 rings (SSSR count). The molecule has 0 bridgehead atoms. The maximum Gasteiger partial charge on any atom is 0.262 e. The number of hydrogen-bond donors (Lipinski definition) is 2. The SMILES string of the molecule is CCC1CN(S(=O)(=O)c2n[nH]c(C)c2CN)CCO1. The number of aryl methyl sites for hydroxylation is 1. The van der Waals surface area contributed by atoms with Crippen molar-refractivity contribution in [1.82, 2.24) is 14.5 Å². The molecule has 8 heteroatoms. The lowest BCUT2D eigenvalue weighted by Crippen LogP contribution is -2.45. The van der Waals surface area contributed by atoms with Crippen molar-refractivity contribution < 1.29 is 13.2 Å². The number of hydrogen-bond acceptors (Lipinski definition) is 5. The maximum atomic E-state index is 12.6. The lowest BCUT2D eigenvalue weighted by molar-refractivity contribution is -0.00286. The highest BCUT2D eigenvalue weighted by Crippen LogP contribution is 2.22. The van der Waals surface area contributed by atoms with Crippen LogP contribution in [-0.2, 0) is 21.3 Å². The van der Waals surface area contributed by atoms with Crippen LogP contribution in [0.15, 0.2) is 5.03 Å². The summed E-state index contributed by atoms with van der Waals surface area (Å²) < 4.78 is 32.1. The van der Waals surface area contributed by atoms with Gasteiger partial charge in [0.05, 0.1) is 12.7 Å². The van der Waals surface area contributed by atoms with Gasteiger partial charge < -0.3 is 10.5 Å². The molecule has 0 radical (unpaired) electrons. The van der Waals surface area contributed by atoms with Crippen molar-refractivity contribution in [2.24, 2.45) is 5.73 Å². The average molecular weight is 288 g/mol. The van der Waals surface area contributed by atoms with Gasteiger partial charge in [0.1, 0.15) is 0 Å². The summed E-state index contributed by atoms with van der Waals surface area (Å²) in [6, 6.07) is 0. The summed E-state index contributed by atoms with van der Waals surface area (Å²) in [5.74, 6) is 0. The van der Waals surface area contributed by atoms with E-state index in [9.17, 15) is 8.42 Å². The van der Waals surface area contributed by atoms with Crippen molar-refractivity contribution in [1.29, 1.82) is 0 Å². The van der Waals surface area contributed by atoms with Crippen LogP contribution in [0.4, 0.5) is 0 Å². The Labute approximate surface area is 113 Å². The lowest BCUT2D eigenvalue weighted by atomic mass is 10.2. The second-order valence-electron chi connectivity index (χ2n) is 4.60. The fourth-order valence-electron chi connectivity index (χ4n) is 2.16. The van der Waals surface area contributed by atoms with Crippen LogP contribution in [-0.4, -0.2) is 48.7 Å². The highest BCUT2D eigenvalue weighted by atomic mass is 32.2. The Hall–Kier alpha value is -0.960. The lowest BCUT2D eigenvalue weighted by Gasteiger charge is -2.31. The summed E-state index contributed by atoms with van der Waals surface area (Å²) >= 11 is 0. The quantitative estimate of drug-likeness (QED) is 0.810. The number of nitrogens with one attached hydrogen (secondary N) is 1. The molecule has 1 saturated heterocycles. The molecule has 0 saturated carbocycles. The number of morpholine rings is 1. The molecule has 1 aromatic rings. The molecule has 1 aliphatic rings. The van der Waals surface area contributed by atoms with E-state index < -0.39 is 10.0 Å². The second-order valence-corrected chi connectivity index (χ2v) is 6.45. The highest BCUT2D eigenvalue weighted by molar-refractivity contribution is 7.89. The van der Waals surface area contributed by atoms with Crippen LogP contribution in [0.1, 0.15) is 24.6 Å². The van der Waals surface area contributed by atoms with Crippen LogP contribution >= 0.6 is 0 Å². The summed E-state index contributed by atoms with van der Waals surface area (Å²) in [4.78, 5) is 0. The monoisotopic (exact) mass is 288 g/mol. The van der Waals surface area contributed by atoms with Crippen molar-refractivity contribution in [3.63, 3.8) is 0 Å². The third kappa shape index (κ3) is 2.66. The summed E-state index contributed by atoms with van der Waals surface area (Å²) in [5, 5.41) is 6.65. The second kappa shape index (κ2) is 5.58. The first-order chi connectivity index (χ1) is 9.00. The van der Waals surface area contributed by atoms with Crippen molar-refractivity contribution >= 4 is 10.0 Å². The topological polar surface area (TPSA) is 101 Å². The van der Waals surface area contributed by atoms with Gasteiger partial charge in [0.25, 0.3) is 10.0 Å². The summed E-state index contributed by atoms with van der Waals surface area (Å²) in [7, 11) is -3.60. The van der Waals surface area contributed by atoms with Crippen LogP contribution in [0.25, 0.3) is 0 Å². The Kier molecular flexibility index (Phi) is 4.24. The van der Waals surface area contributed by atoms with Gasteiger partial charge in [-0.3, -0.25) is 5.10 Å². The summed E-state index contributed by atoms with van der Waals surface area (Å²) in [6.45, 7) is 5.04. The van der Waals surface area contributed by atoms with Crippen molar-refractivity contribution in [2.75, 3.05) is 19.7 Å². The van der Waals surface area contributed by atoms with E-state index in [0.29, 0.717) is 31.0 Å². The van der Waals surface area contributed by atoms with E-state index in [4.69, 9.17) is 10.5 Å². The van der Waals surface area contributed by atoms with Gasteiger partial charge in [-0.05, 0) is 13.3 Å². The average Bonchev–Trinajstić information content (AvgIpc) is 2.80. The maximum absolute atomic E-state index is 12.6. The van der Waals surface area contributed by atoms with Gasteiger partial charge in [-0.15, -0.1) is 0 Å². The molecule has 1 aliphatic heterocycles. The van der Waals surface area contributed by atoms with Crippen molar-refractivity contribution in [3.05, 3.63) is 11.3 Å². The predicted molar refractivity (Wildman–Crippen MR) is 70.0 cm³/mol. The Morgan fingerprint density at radius 3 is 2.95 bits per heavy atom. The Morgan fingerprint density at radius 2 is 2.32 bits per heavy atom. The van der Waals surface area contributed by atoms with Gasteiger partial charge in [-0.1, -0.05) is 6.92 Å². The van der Waals surface area contributed by atoms with E-state index >= 15 is 0 Å². The van der Waals surface area contributed by atoms with Crippen molar-refractivity contribution in [2.45, 2.75) is 37.9 Å². The molecule has 19 heavy (non-hydrogen) atoms. The Bertz CT molecular complexity index is 540. The zero-order valence-electron chi connectivity index (χ0n) is 11.2. The van der Waals surface area contributed by atoms with Gasteiger partial charge in [-0.25, -0.2) is 8.42 Å². The van der Waals surface area contributed by atoms with Crippen LogP contribution in [0.3, 0.4) is 0 Å². The molecule has 1 atom stereocenters. The van der Waals surface area contributed by atoms with Gasteiger partial charge in [0, 0.05) is 30.9 Å². The molecule has 0 aliphatic carbocycles. The molecule has 3 N–H and O–H groups in total. The zero-order valence-corrected chi connectivity index (χ0v) is 12.0. The molecule has 1 fully saturated rings. The molecular formula is C11H20N4O3S. The molecule has 0 aromatic carbocycles. The molecule has 0 spiro atoms. The van der Waals surface area contributed by atoms with Crippen molar-refractivity contribution in [3.8, 4) is 0 Å². The van der Waals surface area contributed by atoms with Gasteiger partial charge in [0.15, 0.2) is 5.03 Å². The van der Waals surface area contributed by atoms with Gasteiger partial charge in [-0.2, -0.15) is 9.40 Å². The van der Waals surface area contributed by atoms with E-state index in [1.807, 2.05) is 6.92 Å². The van der Waals surface area contributed by atoms with Crippen LogP contribution in [0.5, 0.6) is 0 Å². The fourth-order valence-corrected chi connectivity index (χ4v) is 3.79. The summed E-state index contributed by atoms with van der Waals surface area (Å²) in [6.07, 6.45) is 0.736. The molecule has 108 valence electrons. The summed E-state index contributed by atoms with van der Waals surface area (Å²) in [5.41, 5.74) is 6.86. The molecule has 7 nitrogen and oxygen atoms in total. The minimum Gasteiger partial charge on any atom is -0.375 e. The smallest absolute Gasteiger partial charge is 0.262 e. The first kappa shape index (κ1) is 14.4. The molecule has 2 heterocycles. The fraction of sp³-hybridized carbons (Fsp3) is 0.727. The Morgan fingerprint density at radius 1 is 1.58 bits per heavy atom. The Balaban J connectivity index is 2.31.